The van der Waals surface area contributed by atoms with E-state index in [0.717, 1.165) is 29.7 Å². The van der Waals surface area contributed by atoms with Gasteiger partial charge in [-0.05, 0) is 43.1 Å². The average Bonchev–Trinajstić information content (AvgIpc) is 2.83. The van der Waals surface area contributed by atoms with Gasteiger partial charge in [0.2, 0.25) is 0 Å². The predicted molar refractivity (Wildman–Crippen MR) is 81.0 cm³/mol. The fraction of sp³-hybridized carbons (Fsp3) is 0.600. The molecule has 20 heavy (non-hydrogen) atoms. The summed E-state index contributed by atoms with van der Waals surface area (Å²) >= 11 is 0. The maximum Gasteiger partial charge on any atom is 0.155 e. The first-order valence-corrected chi connectivity index (χ1v) is 8.80. The zero-order valence-electron chi connectivity index (χ0n) is 12.3. The molecule has 0 saturated carbocycles. The van der Waals surface area contributed by atoms with E-state index in [-0.39, 0.29) is 17.0 Å². The summed E-state index contributed by atoms with van der Waals surface area (Å²) in [7, 11) is 0.373. The van der Waals surface area contributed by atoms with Crippen LogP contribution in [-0.4, -0.2) is 33.6 Å². The molecule has 1 N–H and O–H groups in total. The summed E-state index contributed by atoms with van der Waals surface area (Å²) in [4.78, 5) is 0. The molecule has 1 aromatic rings. The van der Waals surface area contributed by atoms with Crippen LogP contribution in [0.25, 0.3) is 0 Å². The Bertz CT molecular complexity index is 568. The minimum atomic E-state index is -3.07. The van der Waals surface area contributed by atoms with Crippen molar-refractivity contribution >= 4 is 9.84 Å². The van der Waals surface area contributed by atoms with E-state index in [1.165, 1.54) is 0 Å². The van der Waals surface area contributed by atoms with E-state index < -0.39 is 9.84 Å². The van der Waals surface area contributed by atoms with Gasteiger partial charge in [-0.25, -0.2) is 8.42 Å². The summed E-state index contributed by atoms with van der Waals surface area (Å²) in [6.45, 7) is 2.01. The minimum absolute atomic E-state index is 0.137. The molecule has 2 atom stereocenters. The first kappa shape index (κ1) is 15.3. The third-order valence-electron chi connectivity index (χ3n) is 4.04. The maximum atomic E-state index is 12.5. The normalized spacial score (nSPS) is 21.8. The molecular formula is C15H23NO3S. The van der Waals surface area contributed by atoms with E-state index in [9.17, 15) is 8.42 Å². The Morgan fingerprint density at radius 1 is 1.40 bits per heavy atom. The van der Waals surface area contributed by atoms with Crippen LogP contribution in [0, 0.1) is 0 Å². The SMILES string of the molecule is CCCCS(=O)(=O)C1Cc2ccc(OC)cc2C1NC. The standard InChI is InChI=1S/C15H23NO3S/c1-4-5-8-20(17,18)14-9-11-6-7-12(19-3)10-13(11)15(14)16-2/h6-7,10,14-16H,4-5,8-9H2,1-3H3. The van der Waals surface area contributed by atoms with E-state index >= 15 is 0 Å². The highest BCUT2D eigenvalue weighted by Gasteiger charge is 2.39. The van der Waals surface area contributed by atoms with Gasteiger partial charge in [-0.15, -0.1) is 0 Å². The molecule has 0 aromatic heterocycles. The van der Waals surface area contributed by atoms with Gasteiger partial charge in [0.1, 0.15) is 5.75 Å². The van der Waals surface area contributed by atoms with Crippen molar-refractivity contribution in [3.63, 3.8) is 0 Å². The Hall–Kier alpha value is -1.07. The molecule has 112 valence electrons. The summed E-state index contributed by atoms with van der Waals surface area (Å²) in [5.74, 6) is 1.05. The molecule has 2 rings (SSSR count). The van der Waals surface area contributed by atoms with Crippen molar-refractivity contribution in [3.05, 3.63) is 29.3 Å². The van der Waals surface area contributed by atoms with Crippen LogP contribution in [0.15, 0.2) is 18.2 Å². The molecule has 4 nitrogen and oxygen atoms in total. The highest BCUT2D eigenvalue weighted by atomic mass is 32.2. The highest BCUT2D eigenvalue weighted by Crippen LogP contribution is 2.37. The van der Waals surface area contributed by atoms with Gasteiger partial charge in [0.15, 0.2) is 9.84 Å². The molecule has 0 heterocycles. The van der Waals surface area contributed by atoms with Gasteiger partial charge in [-0.1, -0.05) is 19.4 Å². The molecule has 0 radical (unpaired) electrons. The lowest BCUT2D eigenvalue weighted by Gasteiger charge is -2.20. The first-order chi connectivity index (χ1) is 9.53. The number of methoxy groups -OCH3 is 1. The summed E-state index contributed by atoms with van der Waals surface area (Å²) in [6, 6.07) is 5.69. The number of hydrogen-bond donors (Lipinski definition) is 1. The quantitative estimate of drug-likeness (QED) is 0.873. The molecule has 1 aromatic carbocycles. The molecule has 0 amide bonds. The second kappa shape index (κ2) is 6.14. The molecule has 5 heteroatoms. The lowest BCUT2D eigenvalue weighted by atomic mass is 10.1. The number of nitrogens with one attached hydrogen (secondary N) is 1. The number of unbranched alkanes of at least 4 members (excludes halogenated alkanes) is 1. The third-order valence-corrected chi connectivity index (χ3v) is 6.25. The van der Waals surface area contributed by atoms with Gasteiger partial charge in [-0.2, -0.15) is 0 Å². The zero-order chi connectivity index (χ0) is 14.8. The van der Waals surface area contributed by atoms with Crippen molar-refractivity contribution in [1.82, 2.24) is 5.32 Å². The highest BCUT2D eigenvalue weighted by molar-refractivity contribution is 7.92. The van der Waals surface area contributed by atoms with E-state index in [4.69, 9.17) is 4.74 Å². The van der Waals surface area contributed by atoms with Crippen molar-refractivity contribution in [2.75, 3.05) is 19.9 Å². The van der Waals surface area contributed by atoms with Gasteiger partial charge in [0, 0.05) is 6.04 Å². The smallest absolute Gasteiger partial charge is 0.155 e. The Kier molecular flexibility index (Phi) is 4.70. The van der Waals surface area contributed by atoms with Gasteiger partial charge < -0.3 is 10.1 Å². The Balaban J connectivity index is 2.31. The lowest BCUT2D eigenvalue weighted by Crippen LogP contribution is -2.34. The minimum Gasteiger partial charge on any atom is -0.497 e. The van der Waals surface area contributed by atoms with Crippen LogP contribution in [0.5, 0.6) is 5.75 Å². The molecule has 0 aliphatic heterocycles. The summed E-state index contributed by atoms with van der Waals surface area (Å²) < 4.78 is 30.3. The van der Waals surface area contributed by atoms with Crippen LogP contribution in [-0.2, 0) is 16.3 Å². The fourth-order valence-corrected chi connectivity index (χ4v) is 5.01. The van der Waals surface area contributed by atoms with E-state index in [1.807, 2.05) is 32.2 Å². The number of rotatable bonds is 6. The van der Waals surface area contributed by atoms with Crippen molar-refractivity contribution in [3.8, 4) is 5.75 Å². The van der Waals surface area contributed by atoms with Crippen LogP contribution in [0.1, 0.15) is 36.9 Å². The Morgan fingerprint density at radius 2 is 2.15 bits per heavy atom. The molecule has 0 fully saturated rings. The van der Waals surface area contributed by atoms with Gasteiger partial charge in [0.05, 0.1) is 18.1 Å². The molecule has 1 aliphatic rings. The largest absolute Gasteiger partial charge is 0.497 e. The first-order valence-electron chi connectivity index (χ1n) is 7.09. The Morgan fingerprint density at radius 3 is 2.75 bits per heavy atom. The third kappa shape index (κ3) is 2.83. The number of benzene rings is 1. The summed E-state index contributed by atoms with van der Waals surface area (Å²) in [6.07, 6.45) is 2.22. The number of sulfone groups is 1. The molecule has 1 aliphatic carbocycles. The molecular weight excluding hydrogens is 274 g/mol. The lowest BCUT2D eigenvalue weighted by molar-refractivity contribution is 0.413. The van der Waals surface area contributed by atoms with Gasteiger partial charge in [-0.3, -0.25) is 0 Å². The second-order valence-corrected chi connectivity index (χ2v) is 7.63. The maximum absolute atomic E-state index is 12.5. The monoisotopic (exact) mass is 297 g/mol. The van der Waals surface area contributed by atoms with Crippen molar-refractivity contribution in [2.45, 2.75) is 37.5 Å². The van der Waals surface area contributed by atoms with Crippen LogP contribution >= 0.6 is 0 Å². The Labute approximate surface area is 121 Å². The second-order valence-electron chi connectivity index (χ2n) is 5.29. The molecule has 0 spiro atoms. The van der Waals surface area contributed by atoms with Crippen LogP contribution < -0.4 is 10.1 Å². The molecule has 0 bridgehead atoms. The number of ether oxygens (including phenoxy) is 1. The number of hydrogen-bond acceptors (Lipinski definition) is 4. The molecule has 2 unspecified atom stereocenters. The van der Waals surface area contributed by atoms with Crippen molar-refractivity contribution in [2.24, 2.45) is 0 Å². The summed E-state index contributed by atoms with van der Waals surface area (Å²) in [5, 5.41) is 2.81. The fourth-order valence-electron chi connectivity index (χ4n) is 2.88. The van der Waals surface area contributed by atoms with Crippen LogP contribution in [0.3, 0.4) is 0 Å². The van der Waals surface area contributed by atoms with Crippen LogP contribution in [0.4, 0.5) is 0 Å². The van der Waals surface area contributed by atoms with E-state index in [2.05, 4.69) is 5.32 Å². The van der Waals surface area contributed by atoms with E-state index in [0.29, 0.717) is 6.42 Å². The number of fused-ring (bicyclic) bond motifs is 1. The van der Waals surface area contributed by atoms with E-state index in [1.54, 1.807) is 7.11 Å². The van der Waals surface area contributed by atoms with Gasteiger partial charge in [0.25, 0.3) is 0 Å². The topological polar surface area (TPSA) is 55.4 Å². The van der Waals surface area contributed by atoms with Crippen molar-refractivity contribution < 1.29 is 13.2 Å². The van der Waals surface area contributed by atoms with Crippen LogP contribution in [0.2, 0.25) is 0 Å². The average molecular weight is 297 g/mol. The predicted octanol–water partition coefficient (Wildman–Crippen LogP) is 2.10. The molecule has 0 saturated heterocycles. The zero-order valence-corrected chi connectivity index (χ0v) is 13.2. The summed E-state index contributed by atoms with van der Waals surface area (Å²) in [5.41, 5.74) is 2.16. The van der Waals surface area contributed by atoms with Gasteiger partial charge >= 0.3 is 0 Å². The van der Waals surface area contributed by atoms with Crippen molar-refractivity contribution in [1.29, 1.82) is 0 Å².